The summed E-state index contributed by atoms with van der Waals surface area (Å²) < 4.78 is 29.3. The third-order valence-corrected chi connectivity index (χ3v) is 3.16. The molecule has 1 heterocycles. The van der Waals surface area contributed by atoms with Gasteiger partial charge in [0.2, 0.25) is 0 Å². The molecule has 0 radical (unpaired) electrons. The third-order valence-electron chi connectivity index (χ3n) is 3.16. The predicted octanol–water partition coefficient (Wildman–Crippen LogP) is 3.49. The van der Waals surface area contributed by atoms with E-state index in [-0.39, 0.29) is 11.7 Å². The van der Waals surface area contributed by atoms with Crippen molar-refractivity contribution in [1.82, 2.24) is 9.78 Å². The average Bonchev–Trinajstić information content (AvgIpc) is 2.69. The van der Waals surface area contributed by atoms with Crippen LogP contribution >= 0.6 is 0 Å². The molecular weight excluding hydrogens is 248 g/mol. The van der Waals surface area contributed by atoms with E-state index in [1.807, 2.05) is 27.1 Å². The second-order valence-electron chi connectivity index (χ2n) is 4.76. The molecule has 5 heteroatoms. The summed E-state index contributed by atoms with van der Waals surface area (Å²) in [5.41, 5.74) is 2.09. The molecule has 0 amide bonds. The van der Waals surface area contributed by atoms with Gasteiger partial charge in [0.05, 0.1) is 11.7 Å². The Morgan fingerprint density at radius 2 is 1.95 bits per heavy atom. The minimum Gasteiger partial charge on any atom is -0.374 e. The standard InChI is InChI=1S/C14H17F2N3/c1-8-5-6-12(15)14(13(8)16)17-9(2)11-7-19(4)18-10(11)3/h5-7,9,17H,1-4H3. The summed E-state index contributed by atoms with van der Waals surface area (Å²) >= 11 is 0. The summed E-state index contributed by atoms with van der Waals surface area (Å²) in [5, 5.41) is 7.11. The van der Waals surface area contributed by atoms with E-state index in [9.17, 15) is 8.78 Å². The van der Waals surface area contributed by atoms with Crippen LogP contribution in [-0.2, 0) is 7.05 Å². The number of halogens is 2. The van der Waals surface area contributed by atoms with Gasteiger partial charge in [0.1, 0.15) is 11.5 Å². The number of hydrogen-bond acceptors (Lipinski definition) is 2. The van der Waals surface area contributed by atoms with Crippen molar-refractivity contribution in [2.45, 2.75) is 26.8 Å². The van der Waals surface area contributed by atoms with E-state index in [1.54, 1.807) is 11.6 Å². The van der Waals surface area contributed by atoms with Crippen LogP contribution in [0.3, 0.4) is 0 Å². The summed E-state index contributed by atoms with van der Waals surface area (Å²) in [6.45, 7) is 5.33. The van der Waals surface area contributed by atoms with E-state index in [2.05, 4.69) is 10.4 Å². The smallest absolute Gasteiger partial charge is 0.152 e. The van der Waals surface area contributed by atoms with Crippen molar-refractivity contribution >= 4 is 5.69 Å². The lowest BCUT2D eigenvalue weighted by atomic mass is 10.1. The molecule has 102 valence electrons. The predicted molar refractivity (Wildman–Crippen MR) is 71.1 cm³/mol. The van der Waals surface area contributed by atoms with Crippen molar-refractivity contribution < 1.29 is 8.78 Å². The summed E-state index contributed by atoms with van der Waals surface area (Å²) in [7, 11) is 1.82. The monoisotopic (exact) mass is 265 g/mol. The van der Waals surface area contributed by atoms with Crippen LogP contribution in [0.1, 0.15) is 29.8 Å². The van der Waals surface area contributed by atoms with E-state index >= 15 is 0 Å². The Hall–Kier alpha value is -1.91. The van der Waals surface area contributed by atoms with E-state index < -0.39 is 11.6 Å². The van der Waals surface area contributed by atoms with Gasteiger partial charge in [-0.15, -0.1) is 0 Å². The lowest BCUT2D eigenvalue weighted by Gasteiger charge is -2.16. The van der Waals surface area contributed by atoms with Crippen molar-refractivity contribution in [2.24, 2.45) is 7.05 Å². The fraction of sp³-hybridized carbons (Fsp3) is 0.357. The Balaban J connectivity index is 2.31. The normalized spacial score (nSPS) is 12.5. The van der Waals surface area contributed by atoms with Gasteiger partial charge in [0.15, 0.2) is 5.82 Å². The van der Waals surface area contributed by atoms with Crippen LogP contribution in [0.15, 0.2) is 18.3 Å². The van der Waals surface area contributed by atoms with Gasteiger partial charge in [0.25, 0.3) is 0 Å². The van der Waals surface area contributed by atoms with E-state index in [4.69, 9.17) is 0 Å². The van der Waals surface area contributed by atoms with Crippen LogP contribution in [0.25, 0.3) is 0 Å². The van der Waals surface area contributed by atoms with Crippen LogP contribution in [0, 0.1) is 25.5 Å². The minimum atomic E-state index is -0.587. The molecule has 1 unspecified atom stereocenters. The molecule has 0 aliphatic carbocycles. The van der Waals surface area contributed by atoms with Crippen LogP contribution in [-0.4, -0.2) is 9.78 Å². The first-order valence-corrected chi connectivity index (χ1v) is 6.11. The molecule has 0 aliphatic heterocycles. The molecule has 0 aliphatic rings. The third kappa shape index (κ3) is 2.59. The Kier molecular flexibility index (Phi) is 3.55. The Morgan fingerprint density at radius 1 is 1.26 bits per heavy atom. The number of nitrogens with zero attached hydrogens (tertiary/aromatic N) is 2. The Labute approximate surface area is 111 Å². The van der Waals surface area contributed by atoms with Crippen molar-refractivity contribution in [3.63, 3.8) is 0 Å². The zero-order chi connectivity index (χ0) is 14.2. The SMILES string of the molecule is Cc1ccc(F)c(NC(C)c2cn(C)nc2C)c1F. The molecule has 0 bridgehead atoms. The first kappa shape index (κ1) is 13.5. The Morgan fingerprint density at radius 3 is 2.53 bits per heavy atom. The summed E-state index contributed by atoms with van der Waals surface area (Å²) in [4.78, 5) is 0. The molecule has 1 aromatic heterocycles. The topological polar surface area (TPSA) is 29.9 Å². The summed E-state index contributed by atoms with van der Waals surface area (Å²) in [6.07, 6.45) is 1.85. The summed E-state index contributed by atoms with van der Waals surface area (Å²) in [5.74, 6) is -1.13. The van der Waals surface area contributed by atoms with Gasteiger partial charge in [0, 0.05) is 18.8 Å². The number of aryl methyl sites for hydroxylation is 3. The molecule has 3 nitrogen and oxygen atoms in total. The summed E-state index contributed by atoms with van der Waals surface area (Å²) in [6, 6.07) is 2.47. The van der Waals surface area contributed by atoms with Gasteiger partial charge in [-0.2, -0.15) is 5.10 Å². The van der Waals surface area contributed by atoms with Gasteiger partial charge in [-0.3, -0.25) is 4.68 Å². The molecule has 2 aromatic rings. The van der Waals surface area contributed by atoms with Gasteiger partial charge in [-0.25, -0.2) is 8.78 Å². The second kappa shape index (κ2) is 4.99. The van der Waals surface area contributed by atoms with Gasteiger partial charge < -0.3 is 5.32 Å². The molecule has 1 atom stereocenters. The van der Waals surface area contributed by atoms with Crippen LogP contribution in [0.4, 0.5) is 14.5 Å². The highest BCUT2D eigenvalue weighted by atomic mass is 19.1. The largest absolute Gasteiger partial charge is 0.374 e. The number of benzene rings is 1. The quantitative estimate of drug-likeness (QED) is 0.920. The molecule has 0 saturated heterocycles. The molecule has 0 spiro atoms. The fourth-order valence-corrected chi connectivity index (χ4v) is 2.13. The van der Waals surface area contributed by atoms with Gasteiger partial charge in [-0.05, 0) is 32.4 Å². The number of nitrogens with one attached hydrogen (secondary N) is 1. The van der Waals surface area contributed by atoms with Crippen LogP contribution in [0.2, 0.25) is 0 Å². The average molecular weight is 265 g/mol. The van der Waals surface area contributed by atoms with Crippen molar-refractivity contribution in [2.75, 3.05) is 5.32 Å². The maximum Gasteiger partial charge on any atom is 0.152 e. The lowest BCUT2D eigenvalue weighted by Crippen LogP contribution is -2.10. The molecule has 1 aromatic carbocycles. The van der Waals surface area contributed by atoms with Crippen molar-refractivity contribution in [3.05, 3.63) is 46.8 Å². The number of anilines is 1. The molecule has 0 saturated carbocycles. The van der Waals surface area contributed by atoms with Gasteiger partial charge >= 0.3 is 0 Å². The highest BCUT2D eigenvalue weighted by Crippen LogP contribution is 2.27. The molecule has 19 heavy (non-hydrogen) atoms. The lowest BCUT2D eigenvalue weighted by molar-refractivity contribution is 0.578. The zero-order valence-electron chi connectivity index (χ0n) is 11.5. The van der Waals surface area contributed by atoms with Gasteiger partial charge in [-0.1, -0.05) is 6.07 Å². The second-order valence-corrected chi connectivity index (χ2v) is 4.76. The Bertz CT molecular complexity index is 605. The van der Waals surface area contributed by atoms with Crippen molar-refractivity contribution in [1.29, 1.82) is 0 Å². The highest BCUT2D eigenvalue weighted by Gasteiger charge is 2.17. The maximum atomic E-state index is 13.9. The molecule has 2 rings (SSSR count). The number of aromatic nitrogens is 2. The highest BCUT2D eigenvalue weighted by molar-refractivity contribution is 5.50. The fourth-order valence-electron chi connectivity index (χ4n) is 2.13. The zero-order valence-corrected chi connectivity index (χ0v) is 11.5. The van der Waals surface area contributed by atoms with E-state index in [0.29, 0.717) is 5.56 Å². The van der Waals surface area contributed by atoms with E-state index in [1.165, 1.54) is 12.1 Å². The van der Waals surface area contributed by atoms with E-state index in [0.717, 1.165) is 11.3 Å². The minimum absolute atomic E-state index is 0.0873. The molecular formula is C14H17F2N3. The van der Waals surface area contributed by atoms with Crippen molar-refractivity contribution in [3.8, 4) is 0 Å². The van der Waals surface area contributed by atoms with Crippen LogP contribution in [0.5, 0.6) is 0 Å². The maximum absolute atomic E-state index is 13.9. The van der Waals surface area contributed by atoms with Crippen LogP contribution < -0.4 is 5.32 Å². The molecule has 0 fully saturated rings. The first-order valence-electron chi connectivity index (χ1n) is 6.11. The first-order chi connectivity index (χ1) is 8.90. The number of rotatable bonds is 3. The number of hydrogen-bond donors (Lipinski definition) is 1. The molecule has 1 N–H and O–H groups in total.